The molecule has 1 fully saturated rings. The Morgan fingerprint density at radius 3 is 2.17 bits per heavy atom. The van der Waals surface area contributed by atoms with Crippen molar-refractivity contribution in [3.8, 4) is 0 Å². The number of ether oxygens (including phenoxy) is 3. The van der Waals surface area contributed by atoms with E-state index < -0.39 is 11.7 Å². The lowest BCUT2D eigenvalue weighted by Crippen LogP contribution is -2.60. The minimum absolute atomic E-state index is 0.0158. The van der Waals surface area contributed by atoms with Crippen molar-refractivity contribution in [3.63, 3.8) is 0 Å². The lowest BCUT2D eigenvalue weighted by atomic mass is 9.71. The van der Waals surface area contributed by atoms with Crippen LogP contribution in [0, 0.1) is 10.8 Å². The van der Waals surface area contributed by atoms with Crippen LogP contribution in [0.3, 0.4) is 0 Å². The van der Waals surface area contributed by atoms with Gasteiger partial charge in [-0.2, -0.15) is 0 Å². The van der Waals surface area contributed by atoms with Crippen LogP contribution >= 0.6 is 0 Å². The fourth-order valence-electron chi connectivity index (χ4n) is 2.32. The molecule has 0 amide bonds. The van der Waals surface area contributed by atoms with Gasteiger partial charge in [0.25, 0.3) is 0 Å². The largest absolute Gasteiger partial charge is 0.465 e. The van der Waals surface area contributed by atoms with Gasteiger partial charge in [0.2, 0.25) is 0 Å². The molecule has 2 atom stereocenters. The predicted molar refractivity (Wildman–Crippen MR) is 87.9 cm³/mol. The Kier molecular flexibility index (Phi) is 6.03. The van der Waals surface area contributed by atoms with E-state index in [9.17, 15) is 9.59 Å². The third kappa shape index (κ3) is 4.77. The van der Waals surface area contributed by atoms with Crippen LogP contribution in [0.5, 0.6) is 0 Å². The lowest BCUT2D eigenvalue weighted by molar-refractivity contribution is -0.352. The van der Waals surface area contributed by atoms with Crippen molar-refractivity contribution in [3.05, 3.63) is 0 Å². The molecule has 0 radical (unpaired) electrons. The van der Waals surface area contributed by atoms with Crippen molar-refractivity contribution < 1.29 is 23.8 Å². The number of carbonyl (C=O) groups is 2. The highest BCUT2D eigenvalue weighted by Gasteiger charge is 2.52. The Bertz CT molecular complexity index is 450. The highest BCUT2D eigenvalue weighted by atomic mass is 16.7. The van der Waals surface area contributed by atoms with E-state index in [0.717, 1.165) is 0 Å². The summed E-state index contributed by atoms with van der Waals surface area (Å²) in [6.45, 7) is 16.0. The summed E-state index contributed by atoms with van der Waals surface area (Å²) >= 11 is 0. The van der Waals surface area contributed by atoms with Crippen LogP contribution < -0.4 is 0 Å². The molecule has 0 aromatic rings. The minimum Gasteiger partial charge on any atom is -0.465 e. The molecular weight excluding hydrogens is 296 g/mol. The summed E-state index contributed by atoms with van der Waals surface area (Å²) in [5.41, 5.74) is -0.961. The summed E-state index contributed by atoms with van der Waals surface area (Å²) < 4.78 is 17.6. The molecule has 0 saturated carbocycles. The average Bonchev–Trinajstić information content (AvgIpc) is 2.40. The number of hydrogen-bond acceptors (Lipinski definition) is 5. The molecule has 0 aromatic heterocycles. The standard InChI is InChI=1S/C18H32O5/c1-12(19)9-10-14(20)21-11-16(3,4)15-22-13(2)17(5,6)18(7,8)23-15/h13,15H,9-11H2,1-8H3. The van der Waals surface area contributed by atoms with Crippen molar-refractivity contribution in [1.29, 1.82) is 0 Å². The van der Waals surface area contributed by atoms with Gasteiger partial charge >= 0.3 is 5.97 Å². The van der Waals surface area contributed by atoms with Gasteiger partial charge in [-0.15, -0.1) is 0 Å². The summed E-state index contributed by atoms with van der Waals surface area (Å²) in [5.74, 6) is -0.380. The maximum atomic E-state index is 11.7. The molecule has 0 bridgehead atoms. The molecular formula is C18H32O5. The summed E-state index contributed by atoms with van der Waals surface area (Å²) in [4.78, 5) is 22.6. The molecule has 0 aromatic carbocycles. The molecule has 1 heterocycles. The van der Waals surface area contributed by atoms with E-state index in [2.05, 4.69) is 27.7 Å². The second-order valence-electron chi connectivity index (χ2n) is 8.31. The van der Waals surface area contributed by atoms with Crippen molar-refractivity contribution in [2.24, 2.45) is 10.8 Å². The number of hydrogen-bond donors (Lipinski definition) is 0. The first kappa shape index (κ1) is 20.1. The van der Waals surface area contributed by atoms with Crippen LogP contribution in [0.1, 0.15) is 68.2 Å². The Morgan fingerprint density at radius 1 is 1.13 bits per heavy atom. The third-order valence-corrected chi connectivity index (χ3v) is 5.22. The molecule has 1 saturated heterocycles. The average molecular weight is 328 g/mol. The smallest absolute Gasteiger partial charge is 0.306 e. The molecule has 5 heteroatoms. The first-order valence-corrected chi connectivity index (χ1v) is 8.28. The van der Waals surface area contributed by atoms with Gasteiger partial charge in [-0.25, -0.2) is 0 Å². The fourth-order valence-corrected chi connectivity index (χ4v) is 2.32. The number of esters is 1. The highest BCUT2D eigenvalue weighted by molar-refractivity contribution is 5.80. The van der Waals surface area contributed by atoms with Crippen LogP contribution in [0.2, 0.25) is 0 Å². The van der Waals surface area contributed by atoms with E-state index in [0.29, 0.717) is 0 Å². The Morgan fingerprint density at radius 2 is 1.70 bits per heavy atom. The second kappa shape index (κ2) is 6.89. The van der Waals surface area contributed by atoms with Gasteiger partial charge in [0.15, 0.2) is 6.29 Å². The molecule has 0 spiro atoms. The molecule has 1 rings (SSSR count). The second-order valence-corrected chi connectivity index (χ2v) is 8.31. The number of carbonyl (C=O) groups excluding carboxylic acids is 2. The van der Waals surface area contributed by atoms with Crippen molar-refractivity contribution in [2.75, 3.05) is 6.61 Å². The summed E-state index contributed by atoms with van der Waals surface area (Å²) in [6.07, 6.45) is -0.106. The quantitative estimate of drug-likeness (QED) is 0.698. The van der Waals surface area contributed by atoms with Crippen molar-refractivity contribution >= 4 is 11.8 Å². The van der Waals surface area contributed by atoms with Gasteiger partial charge in [-0.3, -0.25) is 4.79 Å². The van der Waals surface area contributed by atoms with E-state index in [-0.39, 0.29) is 48.3 Å². The van der Waals surface area contributed by atoms with Crippen molar-refractivity contribution in [1.82, 2.24) is 0 Å². The summed E-state index contributed by atoms with van der Waals surface area (Å²) in [6, 6.07) is 0. The highest BCUT2D eigenvalue weighted by Crippen LogP contribution is 2.46. The number of rotatable bonds is 6. The normalized spacial score (nSPS) is 26.6. The molecule has 134 valence electrons. The summed E-state index contributed by atoms with van der Waals surface area (Å²) in [7, 11) is 0. The lowest BCUT2D eigenvalue weighted by Gasteiger charge is -2.54. The molecule has 1 aliphatic rings. The van der Waals surface area contributed by atoms with E-state index in [4.69, 9.17) is 14.2 Å². The van der Waals surface area contributed by atoms with Crippen LogP contribution in [0.25, 0.3) is 0 Å². The molecule has 23 heavy (non-hydrogen) atoms. The topological polar surface area (TPSA) is 61.8 Å². The van der Waals surface area contributed by atoms with E-state index in [1.807, 2.05) is 20.8 Å². The van der Waals surface area contributed by atoms with Gasteiger partial charge in [0.1, 0.15) is 12.4 Å². The van der Waals surface area contributed by atoms with E-state index in [1.54, 1.807) is 0 Å². The fraction of sp³-hybridized carbons (Fsp3) is 0.889. The summed E-state index contributed by atoms with van der Waals surface area (Å²) in [5, 5.41) is 0. The van der Waals surface area contributed by atoms with Gasteiger partial charge in [0, 0.05) is 17.3 Å². The Balaban J connectivity index is 2.66. The molecule has 0 aliphatic carbocycles. The zero-order chi connectivity index (χ0) is 18.1. The maximum absolute atomic E-state index is 11.7. The molecule has 1 aliphatic heterocycles. The van der Waals surface area contributed by atoms with E-state index >= 15 is 0 Å². The van der Waals surface area contributed by atoms with Gasteiger partial charge in [-0.1, -0.05) is 27.7 Å². The maximum Gasteiger partial charge on any atom is 0.306 e. The zero-order valence-electron chi connectivity index (χ0n) is 15.8. The van der Waals surface area contributed by atoms with E-state index in [1.165, 1.54) is 6.92 Å². The Labute approximate surface area is 140 Å². The Hall–Kier alpha value is -0.940. The monoisotopic (exact) mass is 328 g/mol. The molecule has 2 unspecified atom stereocenters. The van der Waals surface area contributed by atoms with Crippen LogP contribution in [0.15, 0.2) is 0 Å². The molecule has 5 nitrogen and oxygen atoms in total. The SMILES string of the molecule is CC(=O)CCC(=O)OCC(C)(C)C1OC(C)C(C)(C)C(C)(C)O1. The number of ketones is 1. The number of Topliss-reactive ketones (excluding diaryl/α,β-unsaturated/α-hetero) is 1. The van der Waals surface area contributed by atoms with Crippen LogP contribution in [-0.2, 0) is 23.8 Å². The van der Waals surface area contributed by atoms with Gasteiger partial charge < -0.3 is 19.0 Å². The first-order valence-electron chi connectivity index (χ1n) is 8.28. The predicted octanol–water partition coefficient (Wildman–Crippen LogP) is 3.49. The molecule has 0 N–H and O–H groups in total. The van der Waals surface area contributed by atoms with Crippen LogP contribution in [0.4, 0.5) is 0 Å². The zero-order valence-corrected chi connectivity index (χ0v) is 15.8. The first-order chi connectivity index (χ1) is 10.3. The third-order valence-electron chi connectivity index (χ3n) is 5.22. The van der Waals surface area contributed by atoms with Crippen molar-refractivity contribution in [2.45, 2.75) is 86.2 Å². The van der Waals surface area contributed by atoms with Gasteiger partial charge in [-0.05, 0) is 27.7 Å². The van der Waals surface area contributed by atoms with Gasteiger partial charge in [0.05, 0.1) is 18.1 Å². The minimum atomic E-state index is -0.478. The van der Waals surface area contributed by atoms with Crippen LogP contribution in [-0.4, -0.2) is 36.4 Å².